The fourth-order valence-corrected chi connectivity index (χ4v) is 2.61. The highest BCUT2D eigenvalue weighted by Crippen LogP contribution is 2.17. The van der Waals surface area contributed by atoms with Crippen LogP contribution < -0.4 is 0 Å². The minimum Gasteiger partial charge on any atom is -0.294 e. The molecule has 0 amide bonds. The number of hydrogen-bond donors (Lipinski definition) is 0. The normalized spacial score (nSPS) is 10.9. The van der Waals surface area contributed by atoms with E-state index in [0.29, 0.717) is 29.1 Å². The van der Waals surface area contributed by atoms with Crippen molar-refractivity contribution in [3.8, 4) is 0 Å². The standard InChI is InChI=1S/C15H20N4O2/c1-6-19-11(4)15(10(3)17-19)14(21)7-13(20)12-8-18(5)16-9(12)2/h8H,6-7H2,1-5H3. The second kappa shape index (κ2) is 5.63. The first-order chi connectivity index (χ1) is 9.85. The first-order valence-electron chi connectivity index (χ1n) is 6.95. The molecule has 21 heavy (non-hydrogen) atoms. The number of nitrogens with zero attached hydrogens (tertiary/aromatic N) is 4. The summed E-state index contributed by atoms with van der Waals surface area (Å²) in [4.78, 5) is 24.7. The third-order valence-electron chi connectivity index (χ3n) is 3.59. The summed E-state index contributed by atoms with van der Waals surface area (Å²) in [5.41, 5.74) is 3.20. The van der Waals surface area contributed by atoms with Gasteiger partial charge in [0.15, 0.2) is 11.6 Å². The van der Waals surface area contributed by atoms with Crippen LogP contribution in [0.1, 0.15) is 51.1 Å². The quantitative estimate of drug-likeness (QED) is 0.623. The van der Waals surface area contributed by atoms with Gasteiger partial charge in [-0.2, -0.15) is 10.2 Å². The van der Waals surface area contributed by atoms with Gasteiger partial charge in [0.25, 0.3) is 0 Å². The first-order valence-corrected chi connectivity index (χ1v) is 6.95. The molecule has 2 rings (SSSR count). The third kappa shape index (κ3) is 2.79. The Morgan fingerprint density at radius 3 is 2.24 bits per heavy atom. The zero-order valence-electron chi connectivity index (χ0n) is 13.1. The van der Waals surface area contributed by atoms with Crippen molar-refractivity contribution >= 4 is 11.6 Å². The molecule has 6 heteroatoms. The summed E-state index contributed by atoms with van der Waals surface area (Å²) in [5.74, 6) is -0.383. The van der Waals surface area contributed by atoms with Crippen molar-refractivity contribution in [2.24, 2.45) is 7.05 Å². The number of Topliss-reactive ketones (excluding diaryl/α,β-unsaturated/α-hetero) is 2. The zero-order chi connectivity index (χ0) is 15.7. The molecule has 0 atom stereocenters. The molecule has 6 nitrogen and oxygen atoms in total. The lowest BCUT2D eigenvalue weighted by atomic mass is 10.0. The molecule has 0 radical (unpaired) electrons. The van der Waals surface area contributed by atoms with Crippen LogP contribution in [-0.2, 0) is 13.6 Å². The molecule has 2 aromatic rings. The van der Waals surface area contributed by atoms with Crippen LogP contribution in [0.2, 0.25) is 0 Å². The highest BCUT2D eigenvalue weighted by Gasteiger charge is 2.22. The fraction of sp³-hybridized carbons (Fsp3) is 0.467. The van der Waals surface area contributed by atoms with E-state index in [1.807, 2.05) is 13.8 Å². The lowest BCUT2D eigenvalue weighted by Gasteiger charge is -2.02. The Balaban J connectivity index is 2.24. The Bertz CT molecular complexity index is 710. The van der Waals surface area contributed by atoms with E-state index in [1.165, 1.54) is 0 Å². The summed E-state index contributed by atoms with van der Waals surface area (Å²) in [7, 11) is 1.76. The van der Waals surface area contributed by atoms with E-state index in [9.17, 15) is 9.59 Å². The predicted octanol–water partition coefficient (Wildman–Crippen LogP) is 2.02. The Hall–Kier alpha value is -2.24. The number of rotatable bonds is 5. The molecular weight excluding hydrogens is 268 g/mol. The van der Waals surface area contributed by atoms with Gasteiger partial charge >= 0.3 is 0 Å². The van der Waals surface area contributed by atoms with Crippen molar-refractivity contribution in [2.75, 3.05) is 0 Å². The van der Waals surface area contributed by atoms with E-state index in [1.54, 1.807) is 36.5 Å². The fourth-order valence-electron chi connectivity index (χ4n) is 2.61. The largest absolute Gasteiger partial charge is 0.294 e. The molecule has 2 heterocycles. The van der Waals surface area contributed by atoms with Crippen LogP contribution in [0.15, 0.2) is 6.20 Å². The Kier molecular flexibility index (Phi) is 4.06. The minimum atomic E-state index is -0.200. The Morgan fingerprint density at radius 2 is 1.76 bits per heavy atom. The van der Waals surface area contributed by atoms with Crippen molar-refractivity contribution < 1.29 is 9.59 Å². The minimum absolute atomic E-state index is 0.149. The second-order valence-electron chi connectivity index (χ2n) is 5.19. The van der Waals surface area contributed by atoms with Crippen LogP contribution in [0, 0.1) is 20.8 Å². The second-order valence-corrected chi connectivity index (χ2v) is 5.19. The molecular formula is C15H20N4O2. The van der Waals surface area contributed by atoms with Gasteiger partial charge in [-0.3, -0.25) is 19.0 Å². The molecule has 0 N–H and O–H groups in total. The maximum atomic E-state index is 12.4. The first kappa shape index (κ1) is 15.2. The van der Waals surface area contributed by atoms with Gasteiger partial charge < -0.3 is 0 Å². The SMILES string of the molecule is CCn1nc(C)c(C(=O)CC(=O)c2cn(C)nc2C)c1C. The van der Waals surface area contributed by atoms with E-state index in [4.69, 9.17) is 0 Å². The summed E-state index contributed by atoms with van der Waals surface area (Å²) < 4.78 is 3.36. The maximum Gasteiger partial charge on any atom is 0.174 e. The average molecular weight is 288 g/mol. The molecule has 0 saturated carbocycles. The molecule has 0 bridgehead atoms. The Labute approximate surface area is 123 Å². The molecule has 0 unspecified atom stereocenters. The smallest absolute Gasteiger partial charge is 0.174 e. The number of aromatic nitrogens is 4. The van der Waals surface area contributed by atoms with Gasteiger partial charge in [-0.1, -0.05) is 0 Å². The van der Waals surface area contributed by atoms with Gasteiger partial charge in [-0.15, -0.1) is 0 Å². The average Bonchev–Trinajstić information content (AvgIpc) is 2.88. The molecule has 0 aliphatic heterocycles. The number of hydrogen-bond acceptors (Lipinski definition) is 4. The lowest BCUT2D eigenvalue weighted by Crippen LogP contribution is -2.11. The van der Waals surface area contributed by atoms with Crippen LogP contribution in [-0.4, -0.2) is 31.1 Å². The van der Waals surface area contributed by atoms with Gasteiger partial charge in [0.05, 0.1) is 28.9 Å². The van der Waals surface area contributed by atoms with E-state index in [0.717, 1.165) is 5.69 Å². The molecule has 2 aromatic heterocycles. The number of carbonyl (C=O) groups is 2. The topological polar surface area (TPSA) is 69.8 Å². The van der Waals surface area contributed by atoms with Gasteiger partial charge in [0.2, 0.25) is 0 Å². The maximum absolute atomic E-state index is 12.4. The van der Waals surface area contributed by atoms with Crippen LogP contribution >= 0.6 is 0 Å². The van der Waals surface area contributed by atoms with Crippen LogP contribution in [0.4, 0.5) is 0 Å². The number of ketones is 2. The third-order valence-corrected chi connectivity index (χ3v) is 3.59. The van der Waals surface area contributed by atoms with Crippen LogP contribution in [0.5, 0.6) is 0 Å². The van der Waals surface area contributed by atoms with Gasteiger partial charge in [-0.05, 0) is 27.7 Å². The molecule has 0 aromatic carbocycles. The van der Waals surface area contributed by atoms with Crippen LogP contribution in [0.25, 0.3) is 0 Å². The van der Waals surface area contributed by atoms with E-state index >= 15 is 0 Å². The zero-order valence-corrected chi connectivity index (χ0v) is 13.1. The van der Waals surface area contributed by atoms with Crippen molar-refractivity contribution in [1.82, 2.24) is 19.6 Å². The summed E-state index contributed by atoms with van der Waals surface area (Å²) in [6.07, 6.45) is 1.50. The van der Waals surface area contributed by atoms with E-state index in [-0.39, 0.29) is 18.0 Å². The molecule has 0 fully saturated rings. The highest BCUT2D eigenvalue weighted by atomic mass is 16.1. The summed E-state index contributed by atoms with van der Waals surface area (Å²) in [5, 5.41) is 8.45. The predicted molar refractivity (Wildman–Crippen MR) is 78.6 cm³/mol. The molecule has 0 spiro atoms. The van der Waals surface area contributed by atoms with Crippen molar-refractivity contribution in [3.05, 3.63) is 34.4 Å². The monoisotopic (exact) mass is 288 g/mol. The highest BCUT2D eigenvalue weighted by molar-refractivity contribution is 6.14. The van der Waals surface area contributed by atoms with Crippen molar-refractivity contribution in [1.29, 1.82) is 0 Å². The summed E-state index contributed by atoms with van der Waals surface area (Å²) in [6.45, 7) is 8.10. The molecule has 112 valence electrons. The molecule has 0 aliphatic carbocycles. The molecule has 0 aliphatic rings. The summed E-state index contributed by atoms with van der Waals surface area (Å²) >= 11 is 0. The van der Waals surface area contributed by atoms with E-state index < -0.39 is 0 Å². The number of aryl methyl sites for hydroxylation is 4. The van der Waals surface area contributed by atoms with E-state index in [2.05, 4.69) is 10.2 Å². The van der Waals surface area contributed by atoms with Gasteiger partial charge in [0, 0.05) is 25.5 Å². The van der Waals surface area contributed by atoms with Gasteiger partial charge in [-0.25, -0.2) is 0 Å². The van der Waals surface area contributed by atoms with Crippen molar-refractivity contribution in [3.63, 3.8) is 0 Å². The van der Waals surface area contributed by atoms with Crippen molar-refractivity contribution in [2.45, 2.75) is 40.7 Å². The summed E-state index contributed by atoms with van der Waals surface area (Å²) in [6, 6.07) is 0. The van der Waals surface area contributed by atoms with Crippen LogP contribution in [0.3, 0.4) is 0 Å². The van der Waals surface area contributed by atoms with Gasteiger partial charge in [0.1, 0.15) is 0 Å². The lowest BCUT2D eigenvalue weighted by molar-refractivity contribution is 0.0893. The number of carbonyl (C=O) groups excluding carboxylic acids is 2. The molecule has 0 saturated heterocycles. The Morgan fingerprint density at radius 1 is 1.10 bits per heavy atom.